The Balaban J connectivity index is 2.43. The molecule has 1 saturated heterocycles. The van der Waals surface area contributed by atoms with Crippen LogP contribution in [0.15, 0.2) is 23.1 Å². The van der Waals surface area contributed by atoms with E-state index in [1.807, 2.05) is 0 Å². The number of hydrogen-bond donors (Lipinski definition) is 1. The lowest BCUT2D eigenvalue weighted by atomic mass is 10.0. The molecule has 0 aliphatic carbocycles. The second-order valence-electron chi connectivity index (χ2n) is 5.74. The highest BCUT2D eigenvalue weighted by Crippen LogP contribution is 2.28. The number of nitrogens with two attached hydrogens (primary N) is 1. The molecule has 1 aromatic carbocycles. The Morgan fingerprint density at radius 3 is 2.68 bits per heavy atom. The van der Waals surface area contributed by atoms with Gasteiger partial charge in [0.25, 0.3) is 0 Å². The van der Waals surface area contributed by atoms with Crippen LogP contribution < -0.4 is 10.0 Å². The maximum Gasteiger partial charge on any atom is 0.340 e. The smallest absolute Gasteiger partial charge is 0.340 e. The molecule has 0 spiro atoms. The Labute approximate surface area is 131 Å². The molecular weight excluding hydrogens is 304 g/mol. The van der Waals surface area contributed by atoms with E-state index in [4.69, 9.17) is 9.88 Å². The van der Waals surface area contributed by atoms with Crippen LogP contribution in [0, 0.1) is 5.92 Å². The first-order valence-electron chi connectivity index (χ1n) is 7.33. The number of carbonyl (C=O) groups is 1. The summed E-state index contributed by atoms with van der Waals surface area (Å²) in [6, 6.07) is 4.37. The van der Waals surface area contributed by atoms with Crippen LogP contribution >= 0.6 is 0 Å². The first kappa shape index (κ1) is 16.8. The SMILES string of the molecule is COC(=O)c1cc(S(N)(=O)=O)ccc1N1CCCC(C)CC1. The molecule has 0 amide bonds. The van der Waals surface area contributed by atoms with Crippen molar-refractivity contribution in [2.45, 2.75) is 31.1 Å². The van der Waals surface area contributed by atoms with Gasteiger partial charge in [-0.05, 0) is 43.4 Å². The van der Waals surface area contributed by atoms with Gasteiger partial charge in [-0.15, -0.1) is 0 Å². The van der Waals surface area contributed by atoms with E-state index in [0.29, 0.717) is 11.6 Å². The number of esters is 1. The quantitative estimate of drug-likeness (QED) is 0.855. The lowest BCUT2D eigenvalue weighted by molar-refractivity contribution is 0.0601. The van der Waals surface area contributed by atoms with Crippen molar-refractivity contribution >= 4 is 21.7 Å². The van der Waals surface area contributed by atoms with Gasteiger partial charge >= 0.3 is 5.97 Å². The highest BCUT2D eigenvalue weighted by Gasteiger charge is 2.22. The minimum Gasteiger partial charge on any atom is -0.465 e. The van der Waals surface area contributed by atoms with Crippen molar-refractivity contribution in [2.75, 3.05) is 25.1 Å². The number of primary sulfonamides is 1. The van der Waals surface area contributed by atoms with Crippen molar-refractivity contribution in [1.29, 1.82) is 0 Å². The molecule has 6 nitrogen and oxygen atoms in total. The fourth-order valence-electron chi connectivity index (χ4n) is 2.75. The Morgan fingerprint density at radius 2 is 2.05 bits per heavy atom. The van der Waals surface area contributed by atoms with Crippen LogP contribution in [0.5, 0.6) is 0 Å². The van der Waals surface area contributed by atoms with Crippen LogP contribution in [-0.2, 0) is 14.8 Å². The molecule has 0 radical (unpaired) electrons. The zero-order valence-corrected chi connectivity index (χ0v) is 13.7. The number of anilines is 1. The number of nitrogens with zero attached hydrogens (tertiary/aromatic N) is 1. The number of carbonyl (C=O) groups excluding carboxylic acids is 1. The molecule has 22 heavy (non-hydrogen) atoms. The van der Waals surface area contributed by atoms with Crippen LogP contribution in [0.25, 0.3) is 0 Å². The average molecular weight is 326 g/mol. The first-order chi connectivity index (χ1) is 10.3. The van der Waals surface area contributed by atoms with Crippen molar-refractivity contribution in [1.82, 2.24) is 0 Å². The van der Waals surface area contributed by atoms with Crippen LogP contribution in [-0.4, -0.2) is 34.6 Å². The standard InChI is InChI=1S/C15H22N2O4S/c1-11-4-3-8-17(9-7-11)14-6-5-12(22(16,19)20)10-13(14)15(18)21-2/h5-6,10-11H,3-4,7-9H2,1-2H3,(H2,16,19,20). The first-order valence-corrected chi connectivity index (χ1v) is 8.87. The van der Waals surface area contributed by atoms with Crippen LogP contribution in [0.3, 0.4) is 0 Å². The molecule has 1 aliphatic rings. The molecule has 2 N–H and O–H groups in total. The molecule has 0 bridgehead atoms. The molecule has 2 rings (SSSR count). The second-order valence-corrected chi connectivity index (χ2v) is 7.30. The summed E-state index contributed by atoms with van der Waals surface area (Å²) in [4.78, 5) is 14.1. The molecule has 0 saturated carbocycles. The van der Waals surface area contributed by atoms with E-state index in [0.717, 1.165) is 32.4 Å². The Kier molecular flexibility index (Phi) is 5.08. The van der Waals surface area contributed by atoms with Gasteiger partial charge in [-0.1, -0.05) is 6.92 Å². The van der Waals surface area contributed by atoms with Crippen LogP contribution in [0.1, 0.15) is 36.5 Å². The van der Waals surface area contributed by atoms with Crippen molar-refractivity contribution in [3.63, 3.8) is 0 Å². The fourth-order valence-corrected chi connectivity index (χ4v) is 3.29. The summed E-state index contributed by atoms with van der Waals surface area (Å²) < 4.78 is 27.8. The van der Waals surface area contributed by atoms with E-state index < -0.39 is 16.0 Å². The Morgan fingerprint density at radius 1 is 1.32 bits per heavy atom. The summed E-state index contributed by atoms with van der Waals surface area (Å²) in [5, 5.41) is 5.15. The minimum atomic E-state index is -3.86. The van der Waals surface area contributed by atoms with Gasteiger partial charge in [-0.3, -0.25) is 0 Å². The zero-order chi connectivity index (χ0) is 16.3. The third-order valence-electron chi connectivity index (χ3n) is 4.06. The molecule has 122 valence electrons. The summed E-state index contributed by atoms with van der Waals surface area (Å²) in [7, 11) is -2.58. The molecule has 1 heterocycles. The molecular formula is C15H22N2O4S. The van der Waals surface area contributed by atoms with Gasteiger partial charge in [-0.25, -0.2) is 18.4 Å². The van der Waals surface area contributed by atoms with E-state index in [-0.39, 0.29) is 10.5 Å². The predicted octanol–water partition coefficient (Wildman–Crippen LogP) is 1.75. The number of methoxy groups -OCH3 is 1. The maximum absolute atomic E-state index is 12.0. The summed E-state index contributed by atoms with van der Waals surface area (Å²) in [6.45, 7) is 3.89. The summed E-state index contributed by atoms with van der Waals surface area (Å²) in [5.74, 6) is 0.0908. The van der Waals surface area contributed by atoms with Gasteiger partial charge in [0.1, 0.15) is 0 Å². The van der Waals surface area contributed by atoms with E-state index in [1.165, 1.54) is 19.2 Å². The summed E-state index contributed by atoms with van der Waals surface area (Å²) in [6.07, 6.45) is 3.23. The molecule has 1 fully saturated rings. The topological polar surface area (TPSA) is 89.7 Å². The van der Waals surface area contributed by atoms with Crippen LogP contribution in [0.2, 0.25) is 0 Å². The number of rotatable bonds is 3. The second kappa shape index (κ2) is 6.66. The third-order valence-corrected chi connectivity index (χ3v) is 4.97. The number of sulfonamides is 1. The molecule has 7 heteroatoms. The van der Waals surface area contributed by atoms with Crippen LogP contribution in [0.4, 0.5) is 5.69 Å². The van der Waals surface area contributed by atoms with E-state index in [2.05, 4.69) is 11.8 Å². The zero-order valence-electron chi connectivity index (χ0n) is 12.9. The van der Waals surface area contributed by atoms with E-state index in [1.54, 1.807) is 6.07 Å². The Bertz CT molecular complexity index is 658. The fraction of sp³-hybridized carbons (Fsp3) is 0.533. The van der Waals surface area contributed by atoms with Gasteiger partial charge in [0, 0.05) is 13.1 Å². The summed E-state index contributed by atoms with van der Waals surface area (Å²) >= 11 is 0. The highest BCUT2D eigenvalue weighted by molar-refractivity contribution is 7.89. The third kappa shape index (κ3) is 3.78. The average Bonchev–Trinajstić information content (AvgIpc) is 2.69. The van der Waals surface area contributed by atoms with Crippen molar-refractivity contribution in [3.05, 3.63) is 23.8 Å². The lowest BCUT2D eigenvalue weighted by Gasteiger charge is -2.25. The molecule has 0 aromatic heterocycles. The molecule has 1 aromatic rings. The molecule has 1 aliphatic heterocycles. The van der Waals surface area contributed by atoms with Crippen molar-refractivity contribution in [2.24, 2.45) is 11.1 Å². The lowest BCUT2D eigenvalue weighted by Crippen LogP contribution is -2.27. The van der Waals surface area contributed by atoms with Gasteiger partial charge < -0.3 is 9.64 Å². The van der Waals surface area contributed by atoms with Gasteiger partial charge in [0.15, 0.2) is 0 Å². The Hall–Kier alpha value is -1.60. The maximum atomic E-state index is 12.0. The summed E-state index contributed by atoms with van der Waals surface area (Å²) in [5.41, 5.74) is 0.942. The van der Waals surface area contributed by atoms with Crippen molar-refractivity contribution < 1.29 is 17.9 Å². The van der Waals surface area contributed by atoms with Gasteiger partial charge in [0.2, 0.25) is 10.0 Å². The van der Waals surface area contributed by atoms with Gasteiger partial charge in [-0.2, -0.15) is 0 Å². The molecule has 1 unspecified atom stereocenters. The van der Waals surface area contributed by atoms with E-state index >= 15 is 0 Å². The van der Waals surface area contributed by atoms with Gasteiger partial charge in [0.05, 0.1) is 23.3 Å². The molecule has 1 atom stereocenters. The number of ether oxygens (including phenoxy) is 1. The van der Waals surface area contributed by atoms with E-state index in [9.17, 15) is 13.2 Å². The number of hydrogen-bond acceptors (Lipinski definition) is 5. The van der Waals surface area contributed by atoms with Crippen molar-refractivity contribution in [3.8, 4) is 0 Å². The predicted molar refractivity (Wildman–Crippen MR) is 84.4 cm³/mol. The highest BCUT2D eigenvalue weighted by atomic mass is 32.2. The number of benzene rings is 1. The largest absolute Gasteiger partial charge is 0.465 e. The normalized spacial score (nSPS) is 19.6. The monoisotopic (exact) mass is 326 g/mol. The minimum absolute atomic E-state index is 0.0835.